The molecule has 2 N–H and O–H groups in total. The number of nitrogens with one attached hydrogen (secondary N) is 2. The molecule has 2 aromatic rings. The molecule has 0 aliphatic heterocycles. The standard InChI is InChI=1S/C17H19FN2O3S2/c1-11(2)20-25(22,23)14-7-8-16(18)15(10-14)17(21)19-12-5-4-6-13(9-12)24-3/h4-11,20H,1-3H3,(H,19,21). The van der Waals surface area contributed by atoms with E-state index < -0.39 is 21.7 Å². The van der Waals surface area contributed by atoms with Gasteiger partial charge in [0.15, 0.2) is 0 Å². The topological polar surface area (TPSA) is 75.3 Å². The Bertz CT molecular complexity index is 883. The van der Waals surface area contributed by atoms with Crippen LogP contribution in [0.15, 0.2) is 52.3 Å². The molecule has 1 amide bonds. The molecule has 0 saturated carbocycles. The summed E-state index contributed by atoms with van der Waals surface area (Å²) in [6, 6.07) is 9.90. The van der Waals surface area contributed by atoms with Crippen LogP contribution in [0.25, 0.3) is 0 Å². The van der Waals surface area contributed by atoms with Gasteiger partial charge in [-0.25, -0.2) is 17.5 Å². The Kier molecular flexibility index (Phi) is 6.21. The number of rotatable bonds is 6. The van der Waals surface area contributed by atoms with Crippen molar-refractivity contribution >= 4 is 33.4 Å². The quantitative estimate of drug-likeness (QED) is 0.750. The lowest BCUT2D eigenvalue weighted by molar-refractivity contribution is 0.102. The molecule has 0 heterocycles. The third-order valence-electron chi connectivity index (χ3n) is 3.21. The van der Waals surface area contributed by atoms with Crippen molar-refractivity contribution in [3.05, 3.63) is 53.8 Å². The Morgan fingerprint density at radius 2 is 1.88 bits per heavy atom. The zero-order valence-corrected chi connectivity index (χ0v) is 15.7. The van der Waals surface area contributed by atoms with Crippen LogP contribution in [0.3, 0.4) is 0 Å². The molecule has 0 radical (unpaired) electrons. The van der Waals surface area contributed by atoms with Crippen LogP contribution < -0.4 is 10.0 Å². The van der Waals surface area contributed by atoms with E-state index >= 15 is 0 Å². The van der Waals surface area contributed by atoms with E-state index in [-0.39, 0.29) is 16.5 Å². The number of hydrogen-bond donors (Lipinski definition) is 2. The molecule has 0 aromatic heterocycles. The summed E-state index contributed by atoms with van der Waals surface area (Å²) in [4.78, 5) is 13.1. The minimum absolute atomic E-state index is 0.161. The van der Waals surface area contributed by atoms with Gasteiger partial charge in [-0.05, 0) is 56.5 Å². The molecular weight excluding hydrogens is 363 g/mol. The first-order valence-corrected chi connectivity index (χ1v) is 10.2. The first-order chi connectivity index (χ1) is 11.7. The zero-order valence-electron chi connectivity index (χ0n) is 14.0. The lowest BCUT2D eigenvalue weighted by atomic mass is 10.2. The molecule has 25 heavy (non-hydrogen) atoms. The highest BCUT2D eigenvalue weighted by molar-refractivity contribution is 7.98. The number of thioether (sulfide) groups is 1. The minimum Gasteiger partial charge on any atom is -0.322 e. The first-order valence-electron chi connectivity index (χ1n) is 7.50. The molecule has 134 valence electrons. The molecule has 0 spiro atoms. The monoisotopic (exact) mass is 382 g/mol. The van der Waals surface area contributed by atoms with Crippen LogP contribution in [-0.4, -0.2) is 26.6 Å². The van der Waals surface area contributed by atoms with Gasteiger partial charge in [-0.15, -0.1) is 11.8 Å². The van der Waals surface area contributed by atoms with Crippen LogP contribution in [0.2, 0.25) is 0 Å². The van der Waals surface area contributed by atoms with Crippen molar-refractivity contribution in [2.45, 2.75) is 29.7 Å². The van der Waals surface area contributed by atoms with Gasteiger partial charge in [0, 0.05) is 16.6 Å². The van der Waals surface area contributed by atoms with Crippen LogP contribution >= 0.6 is 11.8 Å². The summed E-state index contributed by atoms with van der Waals surface area (Å²) in [5.41, 5.74) is 0.172. The van der Waals surface area contributed by atoms with Crippen LogP contribution in [0.1, 0.15) is 24.2 Å². The number of benzene rings is 2. The van der Waals surface area contributed by atoms with Crippen molar-refractivity contribution in [2.75, 3.05) is 11.6 Å². The molecule has 0 aliphatic carbocycles. The molecule has 2 rings (SSSR count). The first kappa shape index (κ1) is 19.4. The second-order valence-electron chi connectivity index (χ2n) is 5.60. The highest BCUT2D eigenvalue weighted by atomic mass is 32.2. The Hall–Kier alpha value is -1.90. The van der Waals surface area contributed by atoms with E-state index in [0.717, 1.165) is 23.1 Å². The summed E-state index contributed by atoms with van der Waals surface area (Å²) in [6.45, 7) is 3.35. The maximum atomic E-state index is 14.0. The van der Waals surface area contributed by atoms with Crippen molar-refractivity contribution in [3.8, 4) is 0 Å². The van der Waals surface area contributed by atoms with Gasteiger partial charge in [-0.2, -0.15) is 0 Å². The number of anilines is 1. The normalized spacial score (nSPS) is 11.6. The summed E-state index contributed by atoms with van der Waals surface area (Å²) in [5.74, 6) is -1.50. The van der Waals surface area contributed by atoms with E-state index in [1.165, 1.54) is 11.8 Å². The lowest BCUT2D eigenvalue weighted by Crippen LogP contribution is -2.30. The van der Waals surface area contributed by atoms with Crippen LogP contribution in [0, 0.1) is 5.82 Å². The molecule has 0 aliphatic rings. The highest BCUT2D eigenvalue weighted by Crippen LogP contribution is 2.21. The minimum atomic E-state index is -3.82. The molecule has 0 saturated heterocycles. The van der Waals surface area contributed by atoms with Gasteiger partial charge in [0.05, 0.1) is 10.5 Å². The maximum Gasteiger partial charge on any atom is 0.258 e. The predicted molar refractivity (Wildman–Crippen MR) is 98.0 cm³/mol. The summed E-state index contributed by atoms with van der Waals surface area (Å²) >= 11 is 1.51. The fourth-order valence-corrected chi connectivity index (χ4v) is 3.86. The lowest BCUT2D eigenvalue weighted by Gasteiger charge is -2.12. The Morgan fingerprint density at radius 1 is 1.16 bits per heavy atom. The van der Waals surface area contributed by atoms with Gasteiger partial charge in [-0.1, -0.05) is 6.07 Å². The van der Waals surface area contributed by atoms with Crippen LogP contribution in [0.5, 0.6) is 0 Å². The summed E-state index contributed by atoms with van der Waals surface area (Å²) in [7, 11) is -3.82. The van der Waals surface area contributed by atoms with Crippen LogP contribution in [-0.2, 0) is 10.0 Å². The Labute approximate surface area is 151 Å². The van der Waals surface area contributed by atoms with Crippen molar-refractivity contribution in [2.24, 2.45) is 0 Å². The largest absolute Gasteiger partial charge is 0.322 e. The fourth-order valence-electron chi connectivity index (χ4n) is 2.12. The van der Waals surface area contributed by atoms with Gasteiger partial charge >= 0.3 is 0 Å². The zero-order chi connectivity index (χ0) is 18.6. The third kappa shape index (κ3) is 5.04. The molecule has 5 nitrogen and oxygen atoms in total. The van der Waals surface area contributed by atoms with Gasteiger partial charge < -0.3 is 5.32 Å². The summed E-state index contributed by atoms with van der Waals surface area (Å²) in [6.07, 6.45) is 1.90. The molecule has 8 heteroatoms. The second-order valence-corrected chi connectivity index (χ2v) is 8.20. The van der Waals surface area contributed by atoms with Gasteiger partial charge in [0.25, 0.3) is 5.91 Å². The maximum absolute atomic E-state index is 14.0. The third-order valence-corrected chi connectivity index (χ3v) is 5.59. The molecule has 2 aromatic carbocycles. The average Bonchev–Trinajstić information content (AvgIpc) is 2.54. The Morgan fingerprint density at radius 3 is 2.52 bits per heavy atom. The average molecular weight is 382 g/mol. The van der Waals surface area contributed by atoms with Gasteiger partial charge in [0.1, 0.15) is 5.82 Å². The highest BCUT2D eigenvalue weighted by Gasteiger charge is 2.20. The van der Waals surface area contributed by atoms with Crippen molar-refractivity contribution < 1.29 is 17.6 Å². The number of halogens is 1. The number of hydrogen-bond acceptors (Lipinski definition) is 4. The van der Waals surface area contributed by atoms with E-state index in [1.54, 1.807) is 32.0 Å². The summed E-state index contributed by atoms with van der Waals surface area (Å²) < 4.78 is 40.8. The SMILES string of the molecule is CSc1cccc(NC(=O)c2cc(S(=O)(=O)NC(C)C)ccc2F)c1. The van der Waals surface area contributed by atoms with Crippen molar-refractivity contribution in [1.82, 2.24) is 4.72 Å². The van der Waals surface area contributed by atoms with Gasteiger partial charge in [0.2, 0.25) is 10.0 Å². The van der Waals surface area contributed by atoms with E-state index in [4.69, 9.17) is 0 Å². The van der Waals surface area contributed by atoms with E-state index in [1.807, 2.05) is 12.3 Å². The Balaban J connectivity index is 2.32. The van der Waals surface area contributed by atoms with Crippen LogP contribution in [0.4, 0.5) is 10.1 Å². The number of carbonyl (C=O) groups is 1. The van der Waals surface area contributed by atoms with E-state index in [2.05, 4.69) is 10.0 Å². The summed E-state index contributed by atoms with van der Waals surface area (Å²) in [5, 5.41) is 2.59. The number of amides is 1. The molecule has 0 atom stereocenters. The molecule has 0 fully saturated rings. The van der Waals surface area contributed by atoms with E-state index in [9.17, 15) is 17.6 Å². The van der Waals surface area contributed by atoms with E-state index in [0.29, 0.717) is 5.69 Å². The van der Waals surface area contributed by atoms with Gasteiger partial charge in [-0.3, -0.25) is 4.79 Å². The predicted octanol–water partition coefficient (Wildman–Crippen LogP) is 3.49. The fraction of sp³-hybridized carbons (Fsp3) is 0.235. The second kappa shape index (κ2) is 7.99. The van der Waals surface area contributed by atoms with Crippen molar-refractivity contribution in [1.29, 1.82) is 0 Å². The molecule has 0 bridgehead atoms. The number of carbonyl (C=O) groups excluding carboxylic acids is 1. The molecule has 0 unspecified atom stereocenters. The smallest absolute Gasteiger partial charge is 0.258 e. The molecular formula is C17H19FN2O3S2. The number of sulfonamides is 1. The van der Waals surface area contributed by atoms with Crippen molar-refractivity contribution in [3.63, 3.8) is 0 Å².